The highest BCUT2D eigenvalue weighted by atomic mass is 16.5. The summed E-state index contributed by atoms with van der Waals surface area (Å²) in [7, 11) is 0. The zero-order chi connectivity index (χ0) is 12.8. The minimum atomic E-state index is 0.298. The van der Waals surface area contributed by atoms with Crippen molar-refractivity contribution < 1.29 is 9.53 Å². The van der Waals surface area contributed by atoms with Gasteiger partial charge in [-0.1, -0.05) is 37.3 Å². The molecule has 0 spiro atoms. The zero-order valence-corrected chi connectivity index (χ0v) is 11.1. The van der Waals surface area contributed by atoms with E-state index in [9.17, 15) is 4.79 Å². The lowest BCUT2D eigenvalue weighted by molar-refractivity contribution is -0.124. The second-order valence-electron chi connectivity index (χ2n) is 5.09. The first kappa shape index (κ1) is 13.3. The van der Waals surface area contributed by atoms with Crippen molar-refractivity contribution in [2.75, 3.05) is 0 Å². The molecular formula is C16H22O2. The molecule has 0 aliphatic heterocycles. The molecule has 1 aromatic carbocycles. The van der Waals surface area contributed by atoms with E-state index in [4.69, 9.17) is 4.74 Å². The summed E-state index contributed by atoms with van der Waals surface area (Å²) in [6.07, 6.45) is 5.09. The number of Topliss-reactive ketones (excluding diaryl/α,β-unsaturated/α-hetero) is 1. The molecule has 1 aliphatic rings. The van der Waals surface area contributed by atoms with Crippen LogP contribution < -0.4 is 0 Å². The molecule has 0 aromatic heterocycles. The number of benzene rings is 1. The Balaban J connectivity index is 1.72. The summed E-state index contributed by atoms with van der Waals surface area (Å²) in [4.78, 5) is 11.6. The Hall–Kier alpha value is -1.15. The molecule has 98 valence electrons. The van der Waals surface area contributed by atoms with Gasteiger partial charge in [0.25, 0.3) is 0 Å². The molecule has 0 bridgehead atoms. The van der Waals surface area contributed by atoms with E-state index in [1.165, 1.54) is 5.56 Å². The zero-order valence-electron chi connectivity index (χ0n) is 11.1. The van der Waals surface area contributed by atoms with Crippen LogP contribution >= 0.6 is 0 Å². The van der Waals surface area contributed by atoms with Crippen LogP contribution in [0.1, 0.15) is 44.6 Å². The Morgan fingerprint density at radius 1 is 1.17 bits per heavy atom. The molecule has 0 heterocycles. The Labute approximate surface area is 109 Å². The van der Waals surface area contributed by atoms with Gasteiger partial charge in [0, 0.05) is 12.3 Å². The third-order valence-corrected chi connectivity index (χ3v) is 3.81. The molecule has 2 rings (SSSR count). The van der Waals surface area contributed by atoms with Gasteiger partial charge in [-0.15, -0.1) is 0 Å². The van der Waals surface area contributed by atoms with E-state index in [0.717, 1.165) is 25.7 Å². The molecule has 18 heavy (non-hydrogen) atoms. The number of hydrogen-bond acceptors (Lipinski definition) is 2. The summed E-state index contributed by atoms with van der Waals surface area (Å²) in [5.74, 6) is 0.725. The third kappa shape index (κ3) is 3.67. The van der Waals surface area contributed by atoms with Crippen molar-refractivity contribution in [1.82, 2.24) is 0 Å². The third-order valence-electron chi connectivity index (χ3n) is 3.81. The van der Waals surface area contributed by atoms with Gasteiger partial charge in [0.1, 0.15) is 5.78 Å². The maximum Gasteiger partial charge on any atom is 0.135 e. The van der Waals surface area contributed by atoms with Crippen LogP contribution in [0.5, 0.6) is 0 Å². The topological polar surface area (TPSA) is 26.3 Å². The van der Waals surface area contributed by atoms with Gasteiger partial charge >= 0.3 is 0 Å². The molecule has 2 heteroatoms. The SMILES string of the molecule is CCC(=O)[C@H]1CC[C@@H](OCc2ccccc2)CC1. The van der Waals surface area contributed by atoms with Gasteiger partial charge < -0.3 is 4.74 Å². The lowest BCUT2D eigenvalue weighted by atomic mass is 9.84. The Morgan fingerprint density at radius 3 is 2.44 bits per heavy atom. The smallest absolute Gasteiger partial charge is 0.135 e. The summed E-state index contributed by atoms with van der Waals surface area (Å²) in [5, 5.41) is 0. The van der Waals surface area contributed by atoms with Crippen LogP contribution in [0, 0.1) is 5.92 Å². The van der Waals surface area contributed by atoms with Crippen molar-refractivity contribution >= 4 is 5.78 Å². The maximum absolute atomic E-state index is 11.6. The van der Waals surface area contributed by atoms with Gasteiger partial charge in [-0.25, -0.2) is 0 Å². The first-order valence-corrected chi connectivity index (χ1v) is 6.98. The van der Waals surface area contributed by atoms with E-state index in [-0.39, 0.29) is 0 Å². The van der Waals surface area contributed by atoms with E-state index in [2.05, 4.69) is 12.1 Å². The van der Waals surface area contributed by atoms with Crippen molar-refractivity contribution in [3.8, 4) is 0 Å². The van der Waals surface area contributed by atoms with Gasteiger partial charge in [-0.3, -0.25) is 4.79 Å². The number of ketones is 1. The lowest BCUT2D eigenvalue weighted by Gasteiger charge is -2.27. The summed E-state index contributed by atoms with van der Waals surface area (Å²) < 4.78 is 5.92. The number of carbonyl (C=O) groups excluding carboxylic acids is 1. The van der Waals surface area contributed by atoms with Gasteiger partial charge in [-0.2, -0.15) is 0 Å². The number of carbonyl (C=O) groups is 1. The van der Waals surface area contributed by atoms with E-state index in [1.807, 2.05) is 25.1 Å². The molecule has 0 unspecified atom stereocenters. The van der Waals surface area contributed by atoms with Crippen LogP contribution in [-0.2, 0) is 16.1 Å². The molecule has 1 fully saturated rings. The monoisotopic (exact) mass is 246 g/mol. The highest BCUT2D eigenvalue weighted by Gasteiger charge is 2.25. The Kier molecular flexibility index (Phi) is 4.94. The summed E-state index contributed by atoms with van der Waals surface area (Å²) in [6, 6.07) is 10.3. The average molecular weight is 246 g/mol. The summed E-state index contributed by atoms with van der Waals surface area (Å²) in [6.45, 7) is 2.65. The van der Waals surface area contributed by atoms with E-state index < -0.39 is 0 Å². The van der Waals surface area contributed by atoms with Crippen molar-refractivity contribution in [2.45, 2.75) is 51.7 Å². The van der Waals surface area contributed by atoms with E-state index in [0.29, 0.717) is 30.8 Å². The molecule has 1 aromatic rings. The maximum atomic E-state index is 11.6. The largest absolute Gasteiger partial charge is 0.374 e. The predicted molar refractivity (Wildman–Crippen MR) is 72.3 cm³/mol. The van der Waals surface area contributed by atoms with Gasteiger partial charge in [-0.05, 0) is 31.2 Å². The first-order chi connectivity index (χ1) is 8.79. The lowest BCUT2D eigenvalue weighted by Crippen LogP contribution is -2.25. The Morgan fingerprint density at radius 2 is 1.83 bits per heavy atom. The fraction of sp³-hybridized carbons (Fsp3) is 0.562. The summed E-state index contributed by atoms with van der Waals surface area (Å²) in [5.41, 5.74) is 1.23. The van der Waals surface area contributed by atoms with E-state index in [1.54, 1.807) is 0 Å². The molecule has 2 nitrogen and oxygen atoms in total. The van der Waals surface area contributed by atoms with Crippen LogP contribution in [-0.4, -0.2) is 11.9 Å². The molecule has 1 saturated carbocycles. The number of hydrogen-bond donors (Lipinski definition) is 0. The predicted octanol–water partition coefficient (Wildman–Crippen LogP) is 3.74. The minimum Gasteiger partial charge on any atom is -0.374 e. The van der Waals surface area contributed by atoms with Crippen LogP contribution in [0.2, 0.25) is 0 Å². The van der Waals surface area contributed by atoms with Crippen molar-refractivity contribution in [1.29, 1.82) is 0 Å². The van der Waals surface area contributed by atoms with Gasteiger partial charge in [0.15, 0.2) is 0 Å². The number of ether oxygens (including phenoxy) is 1. The standard InChI is InChI=1S/C16H22O2/c1-2-16(17)14-8-10-15(11-9-14)18-12-13-6-4-3-5-7-13/h3-7,14-15H,2,8-12H2,1H3/t14-,15+. The van der Waals surface area contributed by atoms with Crippen molar-refractivity contribution in [3.63, 3.8) is 0 Å². The molecule has 0 atom stereocenters. The van der Waals surface area contributed by atoms with Crippen LogP contribution in [0.4, 0.5) is 0 Å². The molecular weight excluding hydrogens is 224 g/mol. The van der Waals surface area contributed by atoms with Crippen LogP contribution in [0.3, 0.4) is 0 Å². The van der Waals surface area contributed by atoms with Crippen LogP contribution in [0.15, 0.2) is 30.3 Å². The highest BCUT2D eigenvalue weighted by Crippen LogP contribution is 2.28. The number of rotatable bonds is 5. The van der Waals surface area contributed by atoms with Crippen LogP contribution in [0.25, 0.3) is 0 Å². The minimum absolute atomic E-state index is 0.298. The second-order valence-corrected chi connectivity index (χ2v) is 5.09. The normalized spacial score (nSPS) is 23.8. The molecule has 1 aliphatic carbocycles. The first-order valence-electron chi connectivity index (χ1n) is 6.98. The second kappa shape index (κ2) is 6.69. The van der Waals surface area contributed by atoms with Gasteiger partial charge in [0.2, 0.25) is 0 Å². The van der Waals surface area contributed by atoms with Crippen molar-refractivity contribution in [2.24, 2.45) is 5.92 Å². The van der Waals surface area contributed by atoms with E-state index >= 15 is 0 Å². The quantitative estimate of drug-likeness (QED) is 0.791. The molecule has 0 amide bonds. The van der Waals surface area contributed by atoms with Crippen molar-refractivity contribution in [3.05, 3.63) is 35.9 Å². The summed E-state index contributed by atoms with van der Waals surface area (Å²) >= 11 is 0. The average Bonchev–Trinajstić information content (AvgIpc) is 2.46. The van der Waals surface area contributed by atoms with Gasteiger partial charge in [0.05, 0.1) is 12.7 Å². The fourth-order valence-corrected chi connectivity index (χ4v) is 2.63. The fourth-order valence-electron chi connectivity index (χ4n) is 2.63. The Bertz CT molecular complexity index is 364. The highest BCUT2D eigenvalue weighted by molar-refractivity contribution is 5.80. The molecule has 0 N–H and O–H groups in total. The molecule has 0 radical (unpaired) electrons. The molecule has 0 saturated heterocycles.